The van der Waals surface area contributed by atoms with Crippen LogP contribution in [0, 0.1) is 0 Å². The molecular formula is C12H18ClNO4S. The van der Waals surface area contributed by atoms with Crippen LogP contribution in [0.2, 0.25) is 5.02 Å². The van der Waals surface area contributed by atoms with Crippen molar-refractivity contribution in [2.75, 3.05) is 37.6 Å². The van der Waals surface area contributed by atoms with E-state index in [9.17, 15) is 8.42 Å². The number of hydrogen-bond acceptors (Lipinski definition) is 5. The molecule has 0 unspecified atom stereocenters. The Kier molecular flexibility index (Phi) is 5.75. The van der Waals surface area contributed by atoms with E-state index in [0.29, 0.717) is 28.8 Å². The molecule has 0 heterocycles. The average Bonchev–Trinajstić information content (AvgIpc) is 2.39. The number of methoxy groups -OCH3 is 2. The molecule has 0 bridgehead atoms. The van der Waals surface area contributed by atoms with E-state index >= 15 is 0 Å². The van der Waals surface area contributed by atoms with Crippen molar-refractivity contribution in [3.63, 3.8) is 0 Å². The van der Waals surface area contributed by atoms with Gasteiger partial charge in [-0.2, -0.15) is 0 Å². The third-order valence-corrected chi connectivity index (χ3v) is 4.64. The van der Waals surface area contributed by atoms with Gasteiger partial charge in [0.25, 0.3) is 0 Å². The van der Waals surface area contributed by atoms with Gasteiger partial charge in [-0.3, -0.25) is 0 Å². The van der Waals surface area contributed by atoms with Gasteiger partial charge in [-0.05, 0) is 0 Å². The molecule has 0 aliphatic rings. The Labute approximate surface area is 118 Å². The summed E-state index contributed by atoms with van der Waals surface area (Å²) in [5, 5.41) is 3.45. The largest absolute Gasteiger partial charge is 0.495 e. The monoisotopic (exact) mass is 307 g/mol. The standard InChI is InChI=1S/C12H18ClNO4S/c1-4-19(15,16)6-5-14-10-8-11(17-2)9(13)7-12(10)18-3/h7-8,14H,4-6H2,1-3H3. The van der Waals surface area contributed by atoms with E-state index in [-0.39, 0.29) is 11.5 Å². The lowest BCUT2D eigenvalue weighted by atomic mass is 10.2. The van der Waals surface area contributed by atoms with E-state index in [1.165, 1.54) is 14.2 Å². The molecule has 0 saturated heterocycles. The quantitative estimate of drug-likeness (QED) is 0.836. The summed E-state index contributed by atoms with van der Waals surface area (Å²) >= 11 is 5.98. The van der Waals surface area contributed by atoms with Crippen molar-refractivity contribution in [2.45, 2.75) is 6.92 Å². The van der Waals surface area contributed by atoms with Crippen LogP contribution in [0.15, 0.2) is 12.1 Å². The van der Waals surface area contributed by atoms with E-state index in [1.54, 1.807) is 19.1 Å². The van der Waals surface area contributed by atoms with Gasteiger partial charge in [-0.1, -0.05) is 18.5 Å². The summed E-state index contributed by atoms with van der Waals surface area (Å²) in [7, 11) is 0.0392. The number of sulfone groups is 1. The fourth-order valence-electron chi connectivity index (χ4n) is 1.48. The fourth-order valence-corrected chi connectivity index (χ4v) is 2.42. The molecule has 0 radical (unpaired) electrons. The van der Waals surface area contributed by atoms with E-state index in [2.05, 4.69) is 5.32 Å². The van der Waals surface area contributed by atoms with Gasteiger partial charge in [0.15, 0.2) is 9.84 Å². The van der Waals surface area contributed by atoms with Crippen LogP contribution in [0.5, 0.6) is 11.5 Å². The van der Waals surface area contributed by atoms with Crippen LogP contribution in [0.1, 0.15) is 6.92 Å². The minimum atomic E-state index is -2.99. The fraction of sp³-hybridized carbons (Fsp3) is 0.500. The second-order valence-electron chi connectivity index (χ2n) is 3.85. The van der Waals surface area contributed by atoms with Crippen molar-refractivity contribution >= 4 is 27.1 Å². The van der Waals surface area contributed by atoms with Crippen LogP contribution in [0.4, 0.5) is 5.69 Å². The highest BCUT2D eigenvalue weighted by atomic mass is 35.5. The SMILES string of the molecule is CCS(=O)(=O)CCNc1cc(OC)c(Cl)cc1OC. The van der Waals surface area contributed by atoms with Gasteiger partial charge in [-0.25, -0.2) is 8.42 Å². The first kappa shape index (κ1) is 15.9. The molecule has 1 N–H and O–H groups in total. The van der Waals surface area contributed by atoms with Crippen LogP contribution in [-0.2, 0) is 9.84 Å². The predicted molar refractivity (Wildman–Crippen MR) is 77.4 cm³/mol. The van der Waals surface area contributed by atoms with E-state index in [4.69, 9.17) is 21.1 Å². The maximum atomic E-state index is 11.4. The van der Waals surface area contributed by atoms with E-state index in [0.717, 1.165) is 0 Å². The first-order chi connectivity index (χ1) is 8.93. The van der Waals surface area contributed by atoms with Gasteiger partial charge in [0.2, 0.25) is 0 Å². The van der Waals surface area contributed by atoms with Gasteiger partial charge in [0.05, 0.1) is 30.7 Å². The zero-order chi connectivity index (χ0) is 14.5. The van der Waals surface area contributed by atoms with Crippen molar-refractivity contribution < 1.29 is 17.9 Å². The molecule has 0 spiro atoms. The molecule has 7 heteroatoms. The number of ether oxygens (including phenoxy) is 2. The molecule has 0 aliphatic carbocycles. The number of nitrogens with one attached hydrogen (secondary N) is 1. The number of rotatable bonds is 7. The van der Waals surface area contributed by atoms with Gasteiger partial charge in [-0.15, -0.1) is 0 Å². The Balaban J connectivity index is 2.82. The number of benzene rings is 1. The highest BCUT2D eigenvalue weighted by molar-refractivity contribution is 7.91. The second-order valence-corrected chi connectivity index (χ2v) is 6.73. The Morgan fingerprint density at radius 3 is 2.37 bits per heavy atom. The van der Waals surface area contributed by atoms with E-state index in [1.807, 2.05) is 0 Å². The molecular weight excluding hydrogens is 290 g/mol. The maximum Gasteiger partial charge on any atom is 0.151 e. The normalized spacial score (nSPS) is 11.2. The Morgan fingerprint density at radius 1 is 1.21 bits per heavy atom. The lowest BCUT2D eigenvalue weighted by Crippen LogP contribution is -2.17. The molecule has 108 valence electrons. The summed E-state index contributed by atoms with van der Waals surface area (Å²) in [5.41, 5.74) is 0.648. The summed E-state index contributed by atoms with van der Waals surface area (Å²) in [6.45, 7) is 1.93. The molecule has 0 aliphatic heterocycles. The molecule has 0 amide bonds. The smallest absolute Gasteiger partial charge is 0.151 e. The Morgan fingerprint density at radius 2 is 1.84 bits per heavy atom. The summed E-state index contributed by atoms with van der Waals surface area (Å²) in [6, 6.07) is 3.30. The lowest BCUT2D eigenvalue weighted by molar-refractivity contribution is 0.405. The molecule has 0 saturated carbocycles. The topological polar surface area (TPSA) is 64.6 Å². The summed E-state index contributed by atoms with van der Waals surface area (Å²) in [4.78, 5) is 0. The Hall–Kier alpha value is -1.14. The first-order valence-corrected chi connectivity index (χ1v) is 7.99. The Bertz CT molecular complexity index is 531. The van der Waals surface area contributed by atoms with Crippen molar-refractivity contribution in [3.8, 4) is 11.5 Å². The molecule has 0 aromatic heterocycles. The second kappa shape index (κ2) is 6.86. The summed E-state index contributed by atoms with van der Waals surface area (Å²) < 4.78 is 33.1. The molecule has 5 nitrogen and oxygen atoms in total. The molecule has 1 aromatic carbocycles. The van der Waals surface area contributed by atoms with Crippen molar-refractivity contribution in [3.05, 3.63) is 17.2 Å². The molecule has 0 atom stereocenters. The minimum Gasteiger partial charge on any atom is -0.495 e. The average molecular weight is 308 g/mol. The van der Waals surface area contributed by atoms with Gasteiger partial charge >= 0.3 is 0 Å². The third-order valence-electron chi connectivity index (χ3n) is 2.64. The zero-order valence-corrected chi connectivity index (χ0v) is 12.8. The van der Waals surface area contributed by atoms with Crippen molar-refractivity contribution in [1.82, 2.24) is 0 Å². The van der Waals surface area contributed by atoms with E-state index < -0.39 is 9.84 Å². The van der Waals surface area contributed by atoms with Crippen molar-refractivity contribution in [2.24, 2.45) is 0 Å². The summed E-state index contributed by atoms with van der Waals surface area (Å²) in [6.07, 6.45) is 0. The van der Waals surface area contributed by atoms with Crippen LogP contribution in [0.3, 0.4) is 0 Å². The summed E-state index contributed by atoms with van der Waals surface area (Å²) in [5.74, 6) is 1.25. The molecule has 0 fully saturated rings. The minimum absolute atomic E-state index is 0.0671. The maximum absolute atomic E-state index is 11.4. The number of anilines is 1. The molecule has 19 heavy (non-hydrogen) atoms. The number of halogens is 1. The highest BCUT2D eigenvalue weighted by Crippen LogP contribution is 2.35. The van der Waals surface area contributed by atoms with Crippen LogP contribution < -0.4 is 14.8 Å². The van der Waals surface area contributed by atoms with Crippen LogP contribution in [0.25, 0.3) is 0 Å². The van der Waals surface area contributed by atoms with Gasteiger partial charge < -0.3 is 14.8 Å². The predicted octanol–water partition coefficient (Wildman–Crippen LogP) is 2.20. The van der Waals surface area contributed by atoms with Crippen molar-refractivity contribution in [1.29, 1.82) is 0 Å². The third kappa shape index (κ3) is 4.47. The highest BCUT2D eigenvalue weighted by Gasteiger charge is 2.11. The molecule has 1 aromatic rings. The number of hydrogen-bond donors (Lipinski definition) is 1. The first-order valence-electron chi connectivity index (χ1n) is 5.79. The van der Waals surface area contributed by atoms with Gasteiger partial charge in [0.1, 0.15) is 11.5 Å². The van der Waals surface area contributed by atoms with Gasteiger partial charge in [0, 0.05) is 24.4 Å². The van der Waals surface area contributed by atoms with Crippen LogP contribution in [-0.4, -0.2) is 40.7 Å². The zero-order valence-electron chi connectivity index (χ0n) is 11.2. The van der Waals surface area contributed by atoms with Crippen LogP contribution >= 0.6 is 11.6 Å². The molecule has 1 rings (SSSR count). The lowest BCUT2D eigenvalue weighted by Gasteiger charge is -2.13.